The highest BCUT2D eigenvalue weighted by molar-refractivity contribution is 5.96. The third kappa shape index (κ3) is 5.41. The number of carboxylic acids is 1. The number of benzene rings is 2. The highest BCUT2D eigenvalue weighted by Crippen LogP contribution is 2.36. The van der Waals surface area contributed by atoms with Gasteiger partial charge in [-0.25, -0.2) is 0 Å². The van der Waals surface area contributed by atoms with Crippen molar-refractivity contribution in [3.8, 4) is 11.1 Å². The van der Waals surface area contributed by atoms with E-state index in [1.54, 1.807) is 12.3 Å². The van der Waals surface area contributed by atoms with Gasteiger partial charge >= 0.3 is 5.97 Å². The maximum Gasteiger partial charge on any atom is 0.314 e. The van der Waals surface area contributed by atoms with Gasteiger partial charge in [0.2, 0.25) is 5.91 Å². The summed E-state index contributed by atoms with van der Waals surface area (Å²) in [5.41, 5.74) is 11.1. The summed E-state index contributed by atoms with van der Waals surface area (Å²) in [5.74, 6) is -2.14. The van der Waals surface area contributed by atoms with Crippen LogP contribution in [0.15, 0.2) is 84.7 Å². The number of carboxylic acid groups (broad SMARTS) is 1. The van der Waals surface area contributed by atoms with Crippen LogP contribution in [-0.4, -0.2) is 33.7 Å². The van der Waals surface area contributed by atoms with Crippen LogP contribution in [0.3, 0.4) is 0 Å². The molecule has 0 bridgehead atoms. The number of amides is 1. The zero-order valence-corrected chi connectivity index (χ0v) is 19.9. The zero-order valence-electron chi connectivity index (χ0n) is 19.9. The molecule has 4 rings (SSSR count). The molecule has 0 fully saturated rings. The van der Waals surface area contributed by atoms with Gasteiger partial charge in [-0.1, -0.05) is 67.1 Å². The van der Waals surface area contributed by atoms with Crippen molar-refractivity contribution < 1.29 is 14.7 Å². The highest BCUT2D eigenvalue weighted by atomic mass is 16.4. The molecule has 5 N–H and O–H groups in total. The lowest BCUT2D eigenvalue weighted by Crippen LogP contribution is -2.29. The SMILES string of the molecule is CC1=CC(C)(Cc2ccccc2C(CN)C(=O)Nc2ccc(-c3cn[nH]c3)cc2)C=CC1C(=O)O. The quantitative estimate of drug-likeness (QED) is 0.361. The Morgan fingerprint density at radius 3 is 2.54 bits per heavy atom. The molecule has 7 heteroatoms. The molecule has 1 heterocycles. The van der Waals surface area contributed by atoms with E-state index < -0.39 is 17.8 Å². The molecule has 0 spiro atoms. The van der Waals surface area contributed by atoms with Crippen LogP contribution in [0.25, 0.3) is 11.1 Å². The first-order valence-corrected chi connectivity index (χ1v) is 11.6. The smallest absolute Gasteiger partial charge is 0.314 e. The van der Waals surface area contributed by atoms with E-state index in [-0.39, 0.29) is 17.9 Å². The van der Waals surface area contributed by atoms with Crippen molar-refractivity contribution in [3.63, 3.8) is 0 Å². The Labute approximate surface area is 204 Å². The lowest BCUT2D eigenvalue weighted by molar-refractivity contribution is -0.139. The number of carbonyl (C=O) groups excluding carboxylic acids is 1. The van der Waals surface area contributed by atoms with Crippen LogP contribution in [-0.2, 0) is 16.0 Å². The van der Waals surface area contributed by atoms with E-state index in [1.807, 2.05) is 73.8 Å². The number of carbonyl (C=O) groups is 2. The van der Waals surface area contributed by atoms with Crippen LogP contribution >= 0.6 is 0 Å². The van der Waals surface area contributed by atoms with E-state index in [1.165, 1.54) is 0 Å². The number of aromatic amines is 1. The van der Waals surface area contributed by atoms with E-state index in [0.29, 0.717) is 12.1 Å². The number of allylic oxidation sites excluding steroid dienone is 2. The summed E-state index contributed by atoms with van der Waals surface area (Å²) in [6.45, 7) is 4.08. The molecule has 1 aliphatic carbocycles. The Balaban J connectivity index is 1.53. The largest absolute Gasteiger partial charge is 0.481 e. The molecule has 1 amide bonds. The average molecular weight is 471 g/mol. The second-order valence-corrected chi connectivity index (χ2v) is 9.29. The standard InChI is InChI=1S/C28H30N4O3/c1-18-13-28(2,12-11-23(18)27(34)35)14-20-5-3-4-6-24(20)25(15-29)26(33)32-22-9-7-19(8-10-22)21-16-30-31-17-21/h3-13,16-17,23,25H,14-15,29H2,1-2H3,(H,30,31)(H,32,33)(H,34,35). The number of nitrogens with zero attached hydrogens (tertiary/aromatic N) is 1. The summed E-state index contributed by atoms with van der Waals surface area (Å²) in [6.07, 6.45) is 9.91. The molecular formula is C28H30N4O3. The highest BCUT2D eigenvalue weighted by Gasteiger charge is 2.30. The van der Waals surface area contributed by atoms with Gasteiger partial charge in [-0.05, 0) is 42.2 Å². The molecule has 1 aromatic heterocycles. The zero-order chi connectivity index (χ0) is 25.0. The van der Waals surface area contributed by atoms with Crippen molar-refractivity contribution in [2.45, 2.75) is 26.2 Å². The van der Waals surface area contributed by atoms with Gasteiger partial charge in [0.25, 0.3) is 0 Å². The predicted octanol–water partition coefficient (Wildman–Crippen LogP) is 4.52. The number of nitrogens with one attached hydrogen (secondary N) is 2. The Kier molecular flexibility index (Phi) is 6.98. The molecule has 2 aromatic carbocycles. The molecular weight excluding hydrogens is 440 g/mol. The summed E-state index contributed by atoms with van der Waals surface area (Å²) >= 11 is 0. The molecule has 35 heavy (non-hydrogen) atoms. The summed E-state index contributed by atoms with van der Waals surface area (Å²) in [4.78, 5) is 24.7. The lowest BCUT2D eigenvalue weighted by Gasteiger charge is -2.30. The van der Waals surface area contributed by atoms with Gasteiger partial charge in [0.05, 0.1) is 18.0 Å². The van der Waals surface area contributed by atoms with Gasteiger partial charge in [0.1, 0.15) is 0 Å². The summed E-state index contributed by atoms with van der Waals surface area (Å²) in [6, 6.07) is 15.4. The Hall–Kier alpha value is -3.97. The van der Waals surface area contributed by atoms with E-state index >= 15 is 0 Å². The van der Waals surface area contributed by atoms with Crippen molar-refractivity contribution in [3.05, 3.63) is 95.9 Å². The Bertz CT molecular complexity index is 1260. The second kappa shape index (κ2) is 10.1. The minimum Gasteiger partial charge on any atom is -0.481 e. The number of aliphatic carboxylic acids is 1. The molecule has 3 unspecified atom stereocenters. The monoisotopic (exact) mass is 470 g/mol. The van der Waals surface area contributed by atoms with E-state index in [2.05, 4.69) is 22.4 Å². The molecule has 0 radical (unpaired) electrons. The number of H-pyrrole nitrogens is 1. The van der Waals surface area contributed by atoms with Crippen LogP contribution in [0.1, 0.15) is 30.9 Å². The van der Waals surface area contributed by atoms with Crippen molar-refractivity contribution in [2.24, 2.45) is 17.1 Å². The van der Waals surface area contributed by atoms with Gasteiger partial charge in [-0.2, -0.15) is 5.10 Å². The molecule has 0 saturated carbocycles. The number of anilines is 1. The topological polar surface area (TPSA) is 121 Å². The molecule has 0 aliphatic heterocycles. The minimum atomic E-state index is -0.852. The number of rotatable bonds is 8. The van der Waals surface area contributed by atoms with Crippen molar-refractivity contribution in [1.82, 2.24) is 10.2 Å². The summed E-state index contributed by atoms with van der Waals surface area (Å²) in [7, 11) is 0. The molecule has 180 valence electrons. The molecule has 0 saturated heterocycles. The third-order valence-electron chi connectivity index (χ3n) is 6.52. The second-order valence-electron chi connectivity index (χ2n) is 9.29. The van der Waals surface area contributed by atoms with E-state index in [4.69, 9.17) is 5.73 Å². The van der Waals surface area contributed by atoms with Gasteiger partial charge < -0.3 is 16.2 Å². The van der Waals surface area contributed by atoms with E-state index in [9.17, 15) is 14.7 Å². The fourth-order valence-corrected chi connectivity index (χ4v) is 4.72. The van der Waals surface area contributed by atoms with Crippen LogP contribution < -0.4 is 11.1 Å². The maximum absolute atomic E-state index is 13.3. The first-order chi connectivity index (χ1) is 16.8. The van der Waals surface area contributed by atoms with Crippen LogP contribution in [0, 0.1) is 11.3 Å². The van der Waals surface area contributed by atoms with Crippen molar-refractivity contribution in [1.29, 1.82) is 0 Å². The summed E-state index contributed by atoms with van der Waals surface area (Å²) in [5, 5.41) is 19.2. The maximum atomic E-state index is 13.3. The molecule has 3 atom stereocenters. The van der Waals surface area contributed by atoms with Gasteiger partial charge in [-0.3, -0.25) is 14.7 Å². The number of nitrogens with two attached hydrogens (primary N) is 1. The van der Waals surface area contributed by atoms with Crippen molar-refractivity contribution >= 4 is 17.6 Å². The molecule has 1 aliphatic rings. The first kappa shape index (κ1) is 24.2. The number of aromatic nitrogens is 2. The minimum absolute atomic E-state index is 0.165. The van der Waals surface area contributed by atoms with Gasteiger partial charge in [-0.15, -0.1) is 0 Å². The normalized spacial score (nSPS) is 20.2. The fraction of sp³-hybridized carbons (Fsp3) is 0.250. The summed E-state index contributed by atoms with van der Waals surface area (Å²) < 4.78 is 0. The fourth-order valence-electron chi connectivity index (χ4n) is 4.72. The number of hydrogen-bond donors (Lipinski definition) is 4. The first-order valence-electron chi connectivity index (χ1n) is 11.6. The molecule has 7 nitrogen and oxygen atoms in total. The average Bonchev–Trinajstić information content (AvgIpc) is 3.36. The lowest BCUT2D eigenvalue weighted by atomic mass is 9.74. The van der Waals surface area contributed by atoms with Crippen LogP contribution in [0.2, 0.25) is 0 Å². The van der Waals surface area contributed by atoms with Gasteiger partial charge in [0, 0.05) is 29.4 Å². The van der Waals surface area contributed by atoms with Gasteiger partial charge in [0.15, 0.2) is 0 Å². The number of hydrogen-bond acceptors (Lipinski definition) is 4. The Morgan fingerprint density at radius 1 is 1.17 bits per heavy atom. The Morgan fingerprint density at radius 2 is 1.91 bits per heavy atom. The van der Waals surface area contributed by atoms with E-state index in [0.717, 1.165) is 27.8 Å². The van der Waals surface area contributed by atoms with Crippen LogP contribution in [0.5, 0.6) is 0 Å². The molecule has 3 aromatic rings. The predicted molar refractivity (Wildman–Crippen MR) is 137 cm³/mol. The van der Waals surface area contributed by atoms with Crippen LogP contribution in [0.4, 0.5) is 5.69 Å². The third-order valence-corrected chi connectivity index (χ3v) is 6.52. The van der Waals surface area contributed by atoms with Crippen molar-refractivity contribution in [2.75, 3.05) is 11.9 Å².